The van der Waals surface area contributed by atoms with Crippen LogP contribution in [-0.2, 0) is 4.79 Å². The van der Waals surface area contributed by atoms with Gasteiger partial charge in [-0.3, -0.25) is 9.69 Å². The Bertz CT molecular complexity index is 815. The first kappa shape index (κ1) is 17.2. The minimum atomic E-state index is -0.261. The lowest BCUT2D eigenvalue weighted by Crippen LogP contribution is -2.49. The molecule has 0 unspecified atom stereocenters. The Morgan fingerprint density at radius 3 is 2.16 bits per heavy atom. The van der Waals surface area contributed by atoms with Gasteiger partial charge in [0.15, 0.2) is 5.11 Å². The Balaban J connectivity index is 2.15. The van der Waals surface area contributed by atoms with E-state index < -0.39 is 0 Å². The molecule has 0 aromatic heterocycles. The molecule has 0 spiro atoms. The van der Waals surface area contributed by atoms with Crippen molar-refractivity contribution in [1.82, 2.24) is 10.2 Å². The number of hydrogen-bond acceptors (Lipinski definition) is 2. The van der Waals surface area contributed by atoms with Crippen LogP contribution in [0.15, 0.2) is 71.9 Å². The van der Waals surface area contributed by atoms with Crippen LogP contribution in [0.25, 0.3) is 0 Å². The maximum atomic E-state index is 12.9. The van der Waals surface area contributed by atoms with Gasteiger partial charge in [0.05, 0.1) is 11.6 Å². The van der Waals surface area contributed by atoms with Gasteiger partial charge in [0, 0.05) is 25.5 Å². The first-order valence-electron chi connectivity index (χ1n) is 8.13. The van der Waals surface area contributed by atoms with Crippen LogP contribution in [0.3, 0.4) is 0 Å². The van der Waals surface area contributed by atoms with Crippen LogP contribution in [0.2, 0.25) is 0 Å². The van der Waals surface area contributed by atoms with Gasteiger partial charge in [0.1, 0.15) is 0 Å². The number of allylic oxidation sites excluding steroid dienone is 1. The van der Waals surface area contributed by atoms with Crippen LogP contribution < -0.4 is 10.2 Å². The van der Waals surface area contributed by atoms with Crippen molar-refractivity contribution in [3.05, 3.63) is 77.5 Å². The predicted octanol–water partition coefficient (Wildman–Crippen LogP) is 3.48. The molecule has 128 valence electrons. The molecule has 0 radical (unpaired) electrons. The summed E-state index contributed by atoms with van der Waals surface area (Å²) in [6.07, 6.45) is 0. The molecule has 0 saturated heterocycles. The lowest BCUT2D eigenvalue weighted by atomic mass is 9.94. The van der Waals surface area contributed by atoms with Crippen molar-refractivity contribution in [2.45, 2.75) is 13.0 Å². The lowest BCUT2D eigenvalue weighted by Gasteiger charge is -2.38. The number of carbonyl (C=O) groups is 1. The minimum absolute atomic E-state index is 0.0257. The molecule has 0 bridgehead atoms. The topological polar surface area (TPSA) is 35.6 Å². The first-order valence-corrected chi connectivity index (χ1v) is 8.54. The number of anilines is 1. The number of carbonyl (C=O) groups excluding carboxylic acids is 1. The standard InChI is InChI=1S/C20H21N3OS/c1-14-17(19(24)22(2)3)18(15-10-6-4-7-11-15)21-20(25)23(14)16-12-8-5-9-13-16/h4-13,18H,1-3H3,(H,21,25)/t18-/m1/s1. The van der Waals surface area contributed by atoms with E-state index in [2.05, 4.69) is 5.32 Å². The Hall–Kier alpha value is -2.66. The van der Waals surface area contributed by atoms with Crippen LogP contribution in [0, 0.1) is 0 Å². The van der Waals surface area contributed by atoms with E-state index in [0.29, 0.717) is 10.7 Å². The van der Waals surface area contributed by atoms with E-state index in [1.807, 2.05) is 72.5 Å². The summed E-state index contributed by atoms with van der Waals surface area (Å²) < 4.78 is 0. The number of benzene rings is 2. The molecule has 25 heavy (non-hydrogen) atoms. The van der Waals surface area contributed by atoms with Gasteiger partial charge in [-0.2, -0.15) is 0 Å². The Morgan fingerprint density at radius 2 is 1.60 bits per heavy atom. The average molecular weight is 351 g/mol. The summed E-state index contributed by atoms with van der Waals surface area (Å²) in [6, 6.07) is 19.5. The number of nitrogens with zero attached hydrogens (tertiary/aromatic N) is 2. The Labute approximate surface area is 153 Å². The third-order valence-corrected chi connectivity index (χ3v) is 4.57. The van der Waals surface area contributed by atoms with E-state index in [-0.39, 0.29) is 11.9 Å². The van der Waals surface area contributed by atoms with Crippen molar-refractivity contribution < 1.29 is 4.79 Å². The summed E-state index contributed by atoms with van der Waals surface area (Å²) in [6.45, 7) is 1.95. The average Bonchev–Trinajstić information content (AvgIpc) is 2.62. The van der Waals surface area contributed by atoms with Crippen molar-refractivity contribution >= 4 is 28.9 Å². The lowest BCUT2D eigenvalue weighted by molar-refractivity contribution is -0.125. The number of rotatable bonds is 3. The van der Waals surface area contributed by atoms with E-state index in [4.69, 9.17) is 12.2 Å². The molecule has 1 aliphatic heterocycles. The molecule has 1 amide bonds. The highest BCUT2D eigenvalue weighted by atomic mass is 32.1. The summed E-state index contributed by atoms with van der Waals surface area (Å²) in [4.78, 5) is 16.5. The quantitative estimate of drug-likeness (QED) is 0.859. The Kier molecular flexibility index (Phi) is 4.86. The summed E-state index contributed by atoms with van der Waals surface area (Å²) in [5, 5.41) is 3.94. The summed E-state index contributed by atoms with van der Waals surface area (Å²) in [5.41, 5.74) is 3.51. The van der Waals surface area contributed by atoms with E-state index in [1.165, 1.54) is 0 Å². The molecule has 5 heteroatoms. The molecule has 1 heterocycles. The van der Waals surface area contributed by atoms with Gasteiger partial charge in [-0.15, -0.1) is 0 Å². The Morgan fingerprint density at radius 1 is 1.04 bits per heavy atom. The molecular weight excluding hydrogens is 330 g/mol. The van der Waals surface area contributed by atoms with Gasteiger partial charge >= 0.3 is 0 Å². The molecule has 3 rings (SSSR count). The maximum absolute atomic E-state index is 12.9. The number of hydrogen-bond donors (Lipinski definition) is 1. The second-order valence-corrected chi connectivity index (χ2v) is 6.55. The van der Waals surface area contributed by atoms with Gasteiger partial charge in [-0.1, -0.05) is 48.5 Å². The number of para-hydroxylation sites is 1. The number of amides is 1. The molecule has 1 N–H and O–H groups in total. The zero-order valence-corrected chi connectivity index (χ0v) is 15.4. The van der Waals surface area contributed by atoms with Gasteiger partial charge in [0.2, 0.25) is 0 Å². The van der Waals surface area contributed by atoms with E-state index >= 15 is 0 Å². The molecule has 0 saturated carbocycles. The van der Waals surface area contributed by atoms with Crippen LogP contribution in [0.4, 0.5) is 5.69 Å². The molecule has 0 fully saturated rings. The largest absolute Gasteiger partial charge is 0.351 e. The second kappa shape index (κ2) is 7.07. The van der Waals surface area contributed by atoms with E-state index in [1.54, 1.807) is 19.0 Å². The fourth-order valence-corrected chi connectivity index (χ4v) is 3.40. The number of nitrogens with one attached hydrogen (secondary N) is 1. The van der Waals surface area contributed by atoms with Crippen LogP contribution in [-0.4, -0.2) is 30.0 Å². The van der Waals surface area contributed by atoms with Gasteiger partial charge in [-0.25, -0.2) is 0 Å². The molecule has 2 aromatic carbocycles. The molecule has 1 atom stereocenters. The van der Waals surface area contributed by atoms with Crippen molar-refractivity contribution in [3.8, 4) is 0 Å². The van der Waals surface area contributed by atoms with Gasteiger partial charge in [-0.05, 0) is 36.8 Å². The summed E-state index contributed by atoms with van der Waals surface area (Å²) >= 11 is 5.62. The maximum Gasteiger partial charge on any atom is 0.253 e. The zero-order valence-electron chi connectivity index (χ0n) is 14.6. The third kappa shape index (κ3) is 3.28. The highest BCUT2D eigenvalue weighted by molar-refractivity contribution is 7.80. The van der Waals surface area contributed by atoms with Crippen molar-refractivity contribution in [3.63, 3.8) is 0 Å². The van der Waals surface area contributed by atoms with Crippen LogP contribution in [0.1, 0.15) is 18.5 Å². The molecule has 0 aliphatic carbocycles. The van der Waals surface area contributed by atoms with Crippen LogP contribution >= 0.6 is 12.2 Å². The first-order chi connectivity index (χ1) is 12.0. The molecular formula is C20H21N3OS. The highest BCUT2D eigenvalue weighted by Crippen LogP contribution is 2.34. The second-order valence-electron chi connectivity index (χ2n) is 6.16. The summed E-state index contributed by atoms with van der Waals surface area (Å²) in [7, 11) is 3.54. The normalized spacial score (nSPS) is 17.3. The molecule has 4 nitrogen and oxygen atoms in total. The van der Waals surface area contributed by atoms with E-state index in [9.17, 15) is 4.79 Å². The zero-order chi connectivity index (χ0) is 18.0. The fourth-order valence-electron chi connectivity index (χ4n) is 3.04. The monoisotopic (exact) mass is 351 g/mol. The number of thiocarbonyl (C=S) groups is 1. The van der Waals surface area contributed by atoms with Crippen molar-refractivity contribution in [1.29, 1.82) is 0 Å². The number of likely N-dealkylation sites (N-methyl/N-ethyl adjacent to an activating group) is 1. The molecule has 2 aromatic rings. The fraction of sp³-hybridized carbons (Fsp3) is 0.200. The van der Waals surface area contributed by atoms with Crippen molar-refractivity contribution in [2.75, 3.05) is 19.0 Å². The SMILES string of the molecule is CC1=C(C(=O)N(C)C)[C@@H](c2ccccc2)NC(=S)N1c1ccccc1. The van der Waals surface area contributed by atoms with E-state index in [0.717, 1.165) is 16.9 Å². The highest BCUT2D eigenvalue weighted by Gasteiger charge is 2.35. The molecule has 1 aliphatic rings. The van der Waals surface area contributed by atoms with Crippen LogP contribution in [0.5, 0.6) is 0 Å². The van der Waals surface area contributed by atoms with Gasteiger partial charge in [0.25, 0.3) is 5.91 Å². The van der Waals surface area contributed by atoms with Gasteiger partial charge < -0.3 is 10.2 Å². The smallest absolute Gasteiger partial charge is 0.253 e. The minimum Gasteiger partial charge on any atom is -0.351 e. The van der Waals surface area contributed by atoms with Crippen molar-refractivity contribution in [2.24, 2.45) is 0 Å². The third-order valence-electron chi connectivity index (χ3n) is 4.27. The predicted molar refractivity (Wildman–Crippen MR) is 105 cm³/mol. The summed E-state index contributed by atoms with van der Waals surface area (Å²) in [5.74, 6) is -0.0257.